The van der Waals surface area contributed by atoms with Gasteiger partial charge in [-0.05, 0) is 64.8 Å². The molecule has 0 fully saturated rings. The van der Waals surface area contributed by atoms with Crippen LogP contribution in [0.1, 0.15) is 60.6 Å². The zero-order chi connectivity index (χ0) is 34.5. The fourth-order valence-corrected chi connectivity index (χ4v) is 8.99. The Bertz CT molecular complexity index is 1990. The fourth-order valence-electron chi connectivity index (χ4n) is 7.19. The first kappa shape index (κ1) is 34.0. The maximum Gasteiger partial charge on any atom is 0.179 e. The Morgan fingerprint density at radius 1 is 0.510 bits per heavy atom. The van der Waals surface area contributed by atoms with E-state index in [1.807, 2.05) is 67.6 Å². The van der Waals surface area contributed by atoms with E-state index in [0.717, 1.165) is 33.5 Å². The molecule has 0 aliphatic carbocycles. The summed E-state index contributed by atoms with van der Waals surface area (Å²) in [6, 6.07) is 57.1. The number of nitrogens with one attached hydrogen (secondary N) is 1. The number of sulfone groups is 1. The van der Waals surface area contributed by atoms with Crippen molar-refractivity contribution in [2.24, 2.45) is 0 Å². The van der Waals surface area contributed by atoms with Crippen LogP contribution in [0.5, 0.6) is 0 Å². The Balaban J connectivity index is 1.70. The van der Waals surface area contributed by atoms with Gasteiger partial charge >= 0.3 is 0 Å². The molecular formula is C45H45NO2S. The van der Waals surface area contributed by atoms with Gasteiger partial charge in [0.25, 0.3) is 0 Å². The molecule has 49 heavy (non-hydrogen) atoms. The van der Waals surface area contributed by atoms with Crippen molar-refractivity contribution in [2.75, 3.05) is 11.1 Å². The summed E-state index contributed by atoms with van der Waals surface area (Å²) >= 11 is 0. The predicted molar refractivity (Wildman–Crippen MR) is 204 cm³/mol. The quantitative estimate of drug-likeness (QED) is 0.150. The molecule has 0 unspecified atom stereocenters. The molecule has 0 aromatic heterocycles. The third-order valence-corrected chi connectivity index (χ3v) is 11.5. The van der Waals surface area contributed by atoms with Gasteiger partial charge in [0.15, 0.2) is 9.84 Å². The summed E-state index contributed by atoms with van der Waals surface area (Å²) < 4.78 is 29.6. The molecule has 1 N–H and O–H groups in total. The summed E-state index contributed by atoms with van der Waals surface area (Å²) in [5.41, 5.74) is 5.21. The summed E-state index contributed by atoms with van der Waals surface area (Å²) in [5, 5.41) is 4.13. The lowest BCUT2D eigenvalue weighted by Crippen LogP contribution is -2.48. The third-order valence-electron chi connectivity index (χ3n) is 9.65. The van der Waals surface area contributed by atoms with Gasteiger partial charge in [-0.1, -0.05) is 178 Å². The lowest BCUT2D eigenvalue weighted by molar-refractivity contribution is 0.401. The molecular weight excluding hydrogens is 619 g/mol. The molecule has 0 aliphatic heterocycles. The molecule has 6 aromatic carbocycles. The van der Waals surface area contributed by atoms with Gasteiger partial charge < -0.3 is 5.32 Å². The van der Waals surface area contributed by atoms with Crippen LogP contribution in [0.2, 0.25) is 0 Å². The number of para-hydroxylation sites is 1. The molecule has 0 saturated carbocycles. The summed E-state index contributed by atoms with van der Waals surface area (Å²) in [4.78, 5) is 0.324. The number of rotatable bonds is 11. The number of anilines is 1. The Hall–Kier alpha value is -4.93. The van der Waals surface area contributed by atoms with Crippen molar-refractivity contribution in [3.8, 4) is 0 Å². The van der Waals surface area contributed by atoms with E-state index in [9.17, 15) is 8.42 Å². The van der Waals surface area contributed by atoms with Gasteiger partial charge in [-0.15, -0.1) is 0 Å². The van der Waals surface area contributed by atoms with Gasteiger partial charge in [0.05, 0.1) is 16.2 Å². The van der Waals surface area contributed by atoms with E-state index in [0.29, 0.717) is 11.3 Å². The summed E-state index contributed by atoms with van der Waals surface area (Å²) in [6.45, 7) is 8.66. The predicted octanol–water partition coefficient (Wildman–Crippen LogP) is 10.5. The van der Waals surface area contributed by atoms with E-state index < -0.39 is 20.8 Å². The second-order valence-electron chi connectivity index (χ2n) is 14.1. The highest BCUT2D eigenvalue weighted by atomic mass is 32.2. The topological polar surface area (TPSA) is 46.2 Å². The van der Waals surface area contributed by atoms with E-state index in [2.05, 4.69) is 123 Å². The molecule has 0 spiro atoms. The van der Waals surface area contributed by atoms with E-state index in [1.165, 1.54) is 5.56 Å². The van der Waals surface area contributed by atoms with E-state index in [4.69, 9.17) is 0 Å². The van der Waals surface area contributed by atoms with Crippen LogP contribution in [0.4, 0.5) is 5.69 Å². The van der Waals surface area contributed by atoms with Crippen molar-refractivity contribution in [3.63, 3.8) is 0 Å². The molecule has 4 heteroatoms. The average Bonchev–Trinajstić information content (AvgIpc) is 3.12. The van der Waals surface area contributed by atoms with Crippen LogP contribution in [0.25, 0.3) is 0 Å². The smallest absolute Gasteiger partial charge is 0.179 e. The highest BCUT2D eigenvalue weighted by Gasteiger charge is 2.48. The van der Waals surface area contributed by atoms with Crippen LogP contribution in [-0.2, 0) is 26.2 Å². The lowest BCUT2D eigenvalue weighted by atomic mass is 9.64. The number of hydrogen-bond acceptors (Lipinski definition) is 3. The minimum atomic E-state index is -3.80. The second-order valence-corrected chi connectivity index (χ2v) is 16.1. The largest absolute Gasteiger partial charge is 0.371 e. The Morgan fingerprint density at radius 2 is 0.918 bits per heavy atom. The molecule has 6 rings (SSSR count). The van der Waals surface area contributed by atoms with Crippen molar-refractivity contribution >= 4 is 15.5 Å². The normalized spacial score (nSPS) is 12.4. The standard InChI is InChI=1S/C45H45NO2S/c1-35-29-31-40(32-30-35)49(47,48)34-44(36-19-9-5-10-20-36,37-21-11-6-12-22-37)33-45(38-23-13-7-14-24-38,39-25-15-8-16-26-39)46-42-28-18-17-27-41(42)43(2,3)4/h5-32,46H,33-34H2,1-4H3. The molecule has 0 amide bonds. The number of aryl methyl sites for hydroxylation is 1. The maximum absolute atomic E-state index is 14.8. The van der Waals surface area contributed by atoms with E-state index in [-0.39, 0.29) is 11.2 Å². The van der Waals surface area contributed by atoms with Gasteiger partial charge in [0.1, 0.15) is 0 Å². The highest BCUT2D eigenvalue weighted by Crippen LogP contribution is 2.49. The van der Waals surface area contributed by atoms with Crippen LogP contribution < -0.4 is 5.32 Å². The van der Waals surface area contributed by atoms with E-state index in [1.54, 1.807) is 12.1 Å². The van der Waals surface area contributed by atoms with Gasteiger partial charge in [-0.3, -0.25) is 0 Å². The monoisotopic (exact) mass is 663 g/mol. The van der Waals surface area contributed by atoms with Crippen molar-refractivity contribution in [2.45, 2.75) is 55.4 Å². The Morgan fingerprint density at radius 3 is 1.37 bits per heavy atom. The molecule has 0 radical (unpaired) electrons. The van der Waals surface area contributed by atoms with Crippen LogP contribution in [0.3, 0.4) is 0 Å². The van der Waals surface area contributed by atoms with Crippen LogP contribution in [0.15, 0.2) is 175 Å². The van der Waals surface area contributed by atoms with Crippen LogP contribution in [-0.4, -0.2) is 14.2 Å². The van der Waals surface area contributed by atoms with Gasteiger partial charge in [0.2, 0.25) is 0 Å². The second kappa shape index (κ2) is 13.9. The Labute approximate surface area is 292 Å². The first-order chi connectivity index (χ1) is 23.5. The average molecular weight is 664 g/mol. The molecule has 0 saturated heterocycles. The molecule has 3 nitrogen and oxygen atoms in total. The highest BCUT2D eigenvalue weighted by molar-refractivity contribution is 7.91. The molecule has 0 atom stereocenters. The van der Waals surface area contributed by atoms with Gasteiger partial charge in [0, 0.05) is 11.1 Å². The maximum atomic E-state index is 14.8. The van der Waals surface area contributed by atoms with Crippen LogP contribution >= 0.6 is 0 Å². The SMILES string of the molecule is Cc1ccc(S(=O)(=O)CC(CC(Nc2ccccc2C(C)(C)C)(c2ccccc2)c2ccccc2)(c2ccccc2)c2ccccc2)cc1. The zero-order valence-electron chi connectivity index (χ0n) is 28.8. The Kier molecular flexibility index (Phi) is 9.63. The van der Waals surface area contributed by atoms with Crippen molar-refractivity contribution < 1.29 is 8.42 Å². The summed E-state index contributed by atoms with van der Waals surface area (Å²) in [6.07, 6.45) is 0.408. The van der Waals surface area contributed by atoms with Crippen molar-refractivity contribution in [1.82, 2.24) is 0 Å². The summed E-state index contributed by atoms with van der Waals surface area (Å²) in [7, 11) is -3.80. The molecule has 6 aromatic rings. The molecule has 248 valence electrons. The zero-order valence-corrected chi connectivity index (χ0v) is 29.6. The van der Waals surface area contributed by atoms with Gasteiger partial charge in [-0.25, -0.2) is 8.42 Å². The lowest BCUT2D eigenvalue weighted by Gasteiger charge is -2.46. The van der Waals surface area contributed by atoms with E-state index >= 15 is 0 Å². The number of hydrogen-bond donors (Lipinski definition) is 1. The fraction of sp³-hybridized carbons (Fsp3) is 0.200. The summed E-state index contributed by atoms with van der Waals surface area (Å²) in [5.74, 6) is -0.124. The first-order valence-electron chi connectivity index (χ1n) is 16.9. The minimum absolute atomic E-state index is 0.124. The first-order valence-corrected chi connectivity index (χ1v) is 18.6. The third kappa shape index (κ3) is 7.11. The minimum Gasteiger partial charge on any atom is -0.371 e. The van der Waals surface area contributed by atoms with Crippen molar-refractivity contribution in [1.29, 1.82) is 0 Å². The van der Waals surface area contributed by atoms with Gasteiger partial charge in [-0.2, -0.15) is 0 Å². The molecule has 0 aliphatic rings. The number of benzene rings is 6. The molecule has 0 heterocycles. The van der Waals surface area contributed by atoms with Crippen molar-refractivity contribution in [3.05, 3.63) is 203 Å². The van der Waals surface area contributed by atoms with Crippen LogP contribution in [0, 0.1) is 6.92 Å². The molecule has 0 bridgehead atoms.